The summed E-state index contributed by atoms with van der Waals surface area (Å²) < 4.78 is 0. The van der Waals surface area contributed by atoms with Crippen LogP contribution in [0, 0.1) is 5.92 Å². The Bertz CT molecular complexity index is 119. The van der Waals surface area contributed by atoms with Gasteiger partial charge in [-0.2, -0.15) is 0 Å². The van der Waals surface area contributed by atoms with E-state index in [2.05, 4.69) is 12.2 Å². The number of likely N-dealkylation sites (N-methyl/N-ethyl adjacent to an activating group) is 1. The van der Waals surface area contributed by atoms with Gasteiger partial charge in [0.05, 0.1) is 0 Å². The lowest BCUT2D eigenvalue weighted by Gasteiger charge is -2.27. The minimum atomic E-state index is 0.278. The maximum atomic E-state index is 5.73. The zero-order valence-corrected chi connectivity index (χ0v) is 7.69. The summed E-state index contributed by atoms with van der Waals surface area (Å²) in [5, 5.41) is 3.37. The fraction of sp³-hybridized carbons (Fsp3) is 1.00. The molecule has 1 saturated carbocycles. The van der Waals surface area contributed by atoms with E-state index in [-0.39, 0.29) is 5.54 Å². The van der Waals surface area contributed by atoms with Gasteiger partial charge in [0.1, 0.15) is 0 Å². The van der Waals surface area contributed by atoms with Crippen LogP contribution in [0.4, 0.5) is 0 Å². The summed E-state index contributed by atoms with van der Waals surface area (Å²) in [4.78, 5) is 0. The standard InChI is InChI=1S/C9H20N2/c1-3-8-4-5-9(6-8,7-10)11-2/h8,11H,3-7,10H2,1-2H3. The van der Waals surface area contributed by atoms with Crippen LogP contribution in [0.15, 0.2) is 0 Å². The van der Waals surface area contributed by atoms with Crippen LogP contribution < -0.4 is 11.1 Å². The first-order chi connectivity index (χ1) is 5.26. The molecule has 1 rings (SSSR count). The first-order valence-corrected chi connectivity index (χ1v) is 4.65. The summed E-state index contributed by atoms with van der Waals surface area (Å²) in [6, 6.07) is 0. The molecule has 1 fully saturated rings. The van der Waals surface area contributed by atoms with Crippen LogP contribution in [-0.2, 0) is 0 Å². The smallest absolute Gasteiger partial charge is 0.0304 e. The molecule has 66 valence electrons. The zero-order valence-electron chi connectivity index (χ0n) is 7.69. The van der Waals surface area contributed by atoms with Gasteiger partial charge in [-0.15, -0.1) is 0 Å². The molecule has 0 saturated heterocycles. The van der Waals surface area contributed by atoms with Crippen molar-refractivity contribution in [2.45, 2.75) is 38.1 Å². The average Bonchev–Trinajstić information content (AvgIpc) is 2.49. The summed E-state index contributed by atoms with van der Waals surface area (Å²) in [6.07, 6.45) is 5.20. The minimum absolute atomic E-state index is 0.278. The van der Waals surface area contributed by atoms with Crippen LogP contribution >= 0.6 is 0 Å². The number of rotatable bonds is 3. The van der Waals surface area contributed by atoms with Crippen molar-refractivity contribution in [3.05, 3.63) is 0 Å². The van der Waals surface area contributed by atoms with Gasteiger partial charge in [-0.05, 0) is 32.2 Å². The predicted molar refractivity (Wildman–Crippen MR) is 48.5 cm³/mol. The lowest BCUT2D eigenvalue weighted by molar-refractivity contribution is 0.351. The van der Waals surface area contributed by atoms with Crippen molar-refractivity contribution < 1.29 is 0 Å². The van der Waals surface area contributed by atoms with E-state index in [0.29, 0.717) is 0 Å². The Kier molecular flexibility index (Phi) is 2.90. The highest BCUT2D eigenvalue weighted by Gasteiger charge is 2.35. The largest absolute Gasteiger partial charge is 0.329 e. The molecule has 2 atom stereocenters. The Morgan fingerprint density at radius 1 is 1.64 bits per heavy atom. The van der Waals surface area contributed by atoms with E-state index in [9.17, 15) is 0 Å². The van der Waals surface area contributed by atoms with Gasteiger partial charge in [0.15, 0.2) is 0 Å². The second-order valence-corrected chi connectivity index (χ2v) is 3.75. The molecule has 0 aromatic carbocycles. The summed E-state index contributed by atoms with van der Waals surface area (Å²) >= 11 is 0. The summed E-state index contributed by atoms with van der Waals surface area (Å²) in [6.45, 7) is 3.06. The van der Waals surface area contributed by atoms with E-state index in [1.807, 2.05) is 7.05 Å². The van der Waals surface area contributed by atoms with Gasteiger partial charge in [-0.3, -0.25) is 0 Å². The van der Waals surface area contributed by atoms with E-state index in [1.54, 1.807) is 0 Å². The van der Waals surface area contributed by atoms with Gasteiger partial charge in [0.25, 0.3) is 0 Å². The van der Waals surface area contributed by atoms with Crippen LogP contribution in [0.3, 0.4) is 0 Å². The number of hydrogen-bond donors (Lipinski definition) is 2. The van der Waals surface area contributed by atoms with Gasteiger partial charge >= 0.3 is 0 Å². The molecular formula is C9H20N2. The molecular weight excluding hydrogens is 136 g/mol. The Morgan fingerprint density at radius 3 is 2.64 bits per heavy atom. The third kappa shape index (κ3) is 1.74. The molecule has 0 aromatic heterocycles. The van der Waals surface area contributed by atoms with Gasteiger partial charge in [-0.1, -0.05) is 13.3 Å². The van der Waals surface area contributed by atoms with Gasteiger partial charge in [0.2, 0.25) is 0 Å². The molecule has 0 bridgehead atoms. The fourth-order valence-electron chi connectivity index (χ4n) is 2.10. The van der Waals surface area contributed by atoms with E-state index in [1.165, 1.54) is 25.7 Å². The van der Waals surface area contributed by atoms with Crippen molar-refractivity contribution in [3.63, 3.8) is 0 Å². The lowest BCUT2D eigenvalue weighted by atomic mass is 9.95. The fourth-order valence-corrected chi connectivity index (χ4v) is 2.10. The number of nitrogens with one attached hydrogen (secondary N) is 1. The van der Waals surface area contributed by atoms with Crippen LogP contribution in [0.25, 0.3) is 0 Å². The normalized spacial score (nSPS) is 37.9. The zero-order chi connectivity index (χ0) is 8.32. The molecule has 0 aromatic rings. The topological polar surface area (TPSA) is 38.0 Å². The quantitative estimate of drug-likeness (QED) is 0.642. The van der Waals surface area contributed by atoms with Crippen molar-refractivity contribution in [3.8, 4) is 0 Å². The van der Waals surface area contributed by atoms with Crippen LogP contribution in [0.5, 0.6) is 0 Å². The Morgan fingerprint density at radius 2 is 2.36 bits per heavy atom. The Labute approximate surface area is 69.5 Å². The van der Waals surface area contributed by atoms with E-state index in [4.69, 9.17) is 5.73 Å². The SMILES string of the molecule is CCC1CCC(CN)(NC)C1. The molecule has 3 N–H and O–H groups in total. The maximum Gasteiger partial charge on any atom is 0.0304 e. The van der Waals surface area contributed by atoms with Crippen molar-refractivity contribution in [1.82, 2.24) is 5.32 Å². The monoisotopic (exact) mass is 156 g/mol. The molecule has 2 unspecified atom stereocenters. The highest BCUT2D eigenvalue weighted by Crippen LogP contribution is 2.35. The third-order valence-electron chi connectivity index (χ3n) is 3.21. The highest BCUT2D eigenvalue weighted by molar-refractivity contribution is 4.95. The summed E-state index contributed by atoms with van der Waals surface area (Å²) in [5.74, 6) is 0.908. The van der Waals surface area contributed by atoms with Crippen molar-refractivity contribution in [2.75, 3.05) is 13.6 Å². The second kappa shape index (κ2) is 3.55. The lowest BCUT2D eigenvalue weighted by Crippen LogP contribution is -2.47. The molecule has 1 aliphatic carbocycles. The first-order valence-electron chi connectivity index (χ1n) is 4.65. The van der Waals surface area contributed by atoms with Crippen molar-refractivity contribution in [1.29, 1.82) is 0 Å². The molecule has 0 heterocycles. The van der Waals surface area contributed by atoms with Crippen molar-refractivity contribution >= 4 is 0 Å². The molecule has 2 heteroatoms. The molecule has 0 spiro atoms. The van der Waals surface area contributed by atoms with Crippen molar-refractivity contribution in [2.24, 2.45) is 11.7 Å². The van der Waals surface area contributed by atoms with Crippen LogP contribution in [0.2, 0.25) is 0 Å². The maximum absolute atomic E-state index is 5.73. The summed E-state index contributed by atoms with van der Waals surface area (Å²) in [7, 11) is 2.03. The van der Waals surface area contributed by atoms with E-state index in [0.717, 1.165) is 12.5 Å². The minimum Gasteiger partial charge on any atom is -0.329 e. The predicted octanol–water partition coefficient (Wildman–Crippen LogP) is 1.11. The van der Waals surface area contributed by atoms with Crippen LogP contribution in [-0.4, -0.2) is 19.1 Å². The average molecular weight is 156 g/mol. The molecule has 0 amide bonds. The molecule has 11 heavy (non-hydrogen) atoms. The summed E-state index contributed by atoms with van der Waals surface area (Å²) in [5.41, 5.74) is 6.01. The van der Waals surface area contributed by atoms with E-state index >= 15 is 0 Å². The van der Waals surface area contributed by atoms with Crippen LogP contribution in [0.1, 0.15) is 32.6 Å². The van der Waals surface area contributed by atoms with Gasteiger partial charge < -0.3 is 11.1 Å². The second-order valence-electron chi connectivity index (χ2n) is 3.75. The molecule has 0 radical (unpaired) electrons. The highest BCUT2D eigenvalue weighted by atomic mass is 15.0. The van der Waals surface area contributed by atoms with Gasteiger partial charge in [0, 0.05) is 12.1 Å². The Balaban J connectivity index is 2.48. The van der Waals surface area contributed by atoms with E-state index < -0.39 is 0 Å². The Hall–Kier alpha value is -0.0800. The number of hydrogen-bond acceptors (Lipinski definition) is 2. The molecule has 0 aliphatic heterocycles. The molecule has 2 nitrogen and oxygen atoms in total. The van der Waals surface area contributed by atoms with Gasteiger partial charge in [-0.25, -0.2) is 0 Å². The molecule has 1 aliphatic rings. The number of nitrogens with two attached hydrogens (primary N) is 1. The third-order valence-corrected chi connectivity index (χ3v) is 3.21. The first kappa shape index (κ1) is 9.01.